The number of nitrogens with one attached hydrogen (secondary N) is 1. The molecule has 10 heavy (non-hydrogen) atoms. The van der Waals surface area contributed by atoms with E-state index in [0.717, 1.165) is 0 Å². The smallest absolute Gasteiger partial charge is 0.246 e. The third-order valence-corrected chi connectivity index (χ3v) is 0.917. The van der Waals surface area contributed by atoms with Crippen LogP contribution in [0.15, 0.2) is 0 Å². The molecule has 0 aromatic carbocycles. The summed E-state index contributed by atoms with van der Waals surface area (Å²) in [6.07, 6.45) is 0. The third kappa shape index (κ3) is 4.29. The average Bonchev–Trinajstić information content (AvgIpc) is 1.88. The van der Waals surface area contributed by atoms with Gasteiger partial charge < -0.3 is 5.73 Å². The topological polar surface area (TPSA) is 64.3 Å². The fourth-order valence-corrected chi connectivity index (χ4v) is 0.299. The van der Waals surface area contributed by atoms with Crippen LogP contribution in [-0.2, 0) is 9.63 Å². The highest BCUT2D eigenvalue weighted by atomic mass is 16.6. The second-order valence-electron chi connectivity index (χ2n) is 2.26. The molecular weight excluding hydrogens is 132 g/mol. The first-order valence-electron chi connectivity index (χ1n) is 3.30. The van der Waals surface area contributed by atoms with Crippen molar-refractivity contribution in [1.82, 2.24) is 5.48 Å². The fourth-order valence-electron chi connectivity index (χ4n) is 0.299. The molecule has 0 aliphatic rings. The van der Waals surface area contributed by atoms with E-state index < -0.39 is 0 Å². The van der Waals surface area contributed by atoms with Crippen molar-refractivity contribution in [3.63, 3.8) is 0 Å². The summed E-state index contributed by atoms with van der Waals surface area (Å²) in [7, 11) is 0. The second kappa shape index (κ2) is 5.20. The van der Waals surface area contributed by atoms with Crippen LogP contribution in [0.3, 0.4) is 0 Å². The minimum absolute atomic E-state index is 0.0437. The SMILES string of the molecule is CC(C)C(=O)NOCCN. The predicted molar refractivity (Wildman–Crippen MR) is 38.0 cm³/mol. The van der Waals surface area contributed by atoms with Gasteiger partial charge in [-0.1, -0.05) is 13.8 Å². The highest BCUT2D eigenvalue weighted by Crippen LogP contribution is 1.89. The zero-order valence-corrected chi connectivity index (χ0v) is 6.39. The van der Waals surface area contributed by atoms with E-state index in [1.165, 1.54) is 0 Å². The molecule has 0 heterocycles. The van der Waals surface area contributed by atoms with Gasteiger partial charge >= 0.3 is 0 Å². The molecule has 0 bridgehead atoms. The van der Waals surface area contributed by atoms with Gasteiger partial charge in [0.15, 0.2) is 0 Å². The molecule has 0 saturated carbocycles. The Hall–Kier alpha value is -0.610. The van der Waals surface area contributed by atoms with Gasteiger partial charge in [-0.15, -0.1) is 0 Å². The summed E-state index contributed by atoms with van der Waals surface area (Å²) < 4.78 is 0. The van der Waals surface area contributed by atoms with Gasteiger partial charge in [-0.3, -0.25) is 9.63 Å². The van der Waals surface area contributed by atoms with Gasteiger partial charge in [0.05, 0.1) is 6.61 Å². The lowest BCUT2D eigenvalue weighted by molar-refractivity contribution is -0.136. The Morgan fingerprint density at radius 1 is 1.70 bits per heavy atom. The van der Waals surface area contributed by atoms with Gasteiger partial charge in [0, 0.05) is 12.5 Å². The summed E-state index contributed by atoms with van der Waals surface area (Å²) in [4.78, 5) is 15.4. The van der Waals surface area contributed by atoms with Crippen molar-refractivity contribution in [2.24, 2.45) is 11.7 Å². The molecule has 0 fully saturated rings. The lowest BCUT2D eigenvalue weighted by Gasteiger charge is -2.05. The molecule has 4 nitrogen and oxygen atoms in total. The van der Waals surface area contributed by atoms with Crippen LogP contribution in [0, 0.1) is 5.92 Å². The second-order valence-corrected chi connectivity index (χ2v) is 2.26. The molecular formula is C6H14N2O2. The Morgan fingerprint density at radius 3 is 2.70 bits per heavy atom. The van der Waals surface area contributed by atoms with Gasteiger partial charge in [0.25, 0.3) is 0 Å². The first-order valence-corrected chi connectivity index (χ1v) is 3.30. The maximum atomic E-state index is 10.7. The molecule has 0 radical (unpaired) electrons. The summed E-state index contributed by atoms with van der Waals surface area (Å²) >= 11 is 0. The molecule has 0 aromatic heterocycles. The highest BCUT2D eigenvalue weighted by Gasteiger charge is 2.04. The number of rotatable bonds is 4. The van der Waals surface area contributed by atoms with E-state index >= 15 is 0 Å². The van der Waals surface area contributed by atoms with Crippen LogP contribution in [0.5, 0.6) is 0 Å². The molecule has 1 amide bonds. The summed E-state index contributed by atoms with van der Waals surface area (Å²) in [5.74, 6) is -0.161. The number of carbonyl (C=O) groups excluding carboxylic acids is 1. The van der Waals surface area contributed by atoms with Crippen LogP contribution < -0.4 is 11.2 Å². The van der Waals surface area contributed by atoms with E-state index in [4.69, 9.17) is 5.73 Å². The van der Waals surface area contributed by atoms with Crippen LogP contribution in [0.4, 0.5) is 0 Å². The van der Waals surface area contributed by atoms with E-state index in [1.54, 1.807) is 13.8 Å². The van der Waals surface area contributed by atoms with Gasteiger partial charge in [-0.05, 0) is 0 Å². The Labute approximate surface area is 60.7 Å². The van der Waals surface area contributed by atoms with Gasteiger partial charge in [-0.2, -0.15) is 0 Å². The molecule has 0 unspecified atom stereocenters. The summed E-state index contributed by atoms with van der Waals surface area (Å²) in [5, 5.41) is 0. The first kappa shape index (κ1) is 9.39. The molecule has 0 spiro atoms. The van der Waals surface area contributed by atoms with Crippen molar-refractivity contribution in [3.8, 4) is 0 Å². The number of nitrogens with two attached hydrogens (primary N) is 1. The fraction of sp³-hybridized carbons (Fsp3) is 0.833. The molecule has 0 rings (SSSR count). The average molecular weight is 146 g/mol. The monoisotopic (exact) mass is 146 g/mol. The van der Waals surface area contributed by atoms with E-state index in [9.17, 15) is 4.79 Å². The minimum Gasteiger partial charge on any atom is -0.328 e. The summed E-state index contributed by atoms with van der Waals surface area (Å²) in [6.45, 7) is 4.36. The molecule has 0 aliphatic carbocycles. The van der Waals surface area contributed by atoms with Gasteiger partial charge in [0.1, 0.15) is 0 Å². The number of hydroxylamine groups is 1. The Balaban J connectivity index is 3.22. The highest BCUT2D eigenvalue weighted by molar-refractivity contribution is 5.76. The van der Waals surface area contributed by atoms with Crippen molar-refractivity contribution in [2.75, 3.05) is 13.2 Å². The van der Waals surface area contributed by atoms with Crippen LogP contribution in [0.25, 0.3) is 0 Å². The van der Waals surface area contributed by atoms with E-state index in [1.807, 2.05) is 0 Å². The quantitative estimate of drug-likeness (QED) is 0.421. The summed E-state index contributed by atoms with van der Waals surface area (Å²) in [6, 6.07) is 0. The Morgan fingerprint density at radius 2 is 2.30 bits per heavy atom. The molecule has 4 heteroatoms. The predicted octanol–water partition coefficient (Wildman–Crippen LogP) is -0.351. The molecule has 3 N–H and O–H groups in total. The molecule has 60 valence electrons. The Bertz CT molecular complexity index is 104. The van der Waals surface area contributed by atoms with Crippen molar-refractivity contribution in [2.45, 2.75) is 13.8 Å². The third-order valence-electron chi connectivity index (χ3n) is 0.917. The number of amides is 1. The van der Waals surface area contributed by atoms with Crippen molar-refractivity contribution >= 4 is 5.91 Å². The number of carbonyl (C=O) groups is 1. The van der Waals surface area contributed by atoms with Gasteiger partial charge in [-0.25, -0.2) is 5.48 Å². The molecule has 0 atom stereocenters. The largest absolute Gasteiger partial charge is 0.328 e. The molecule has 0 saturated heterocycles. The molecule has 0 aliphatic heterocycles. The van der Waals surface area contributed by atoms with E-state index in [0.29, 0.717) is 13.2 Å². The van der Waals surface area contributed by atoms with Crippen LogP contribution in [0.1, 0.15) is 13.8 Å². The van der Waals surface area contributed by atoms with Gasteiger partial charge in [0.2, 0.25) is 5.91 Å². The van der Waals surface area contributed by atoms with Crippen molar-refractivity contribution < 1.29 is 9.63 Å². The lowest BCUT2D eigenvalue weighted by Crippen LogP contribution is -2.29. The normalized spacial score (nSPS) is 10.0. The first-order chi connectivity index (χ1) is 4.68. The zero-order valence-electron chi connectivity index (χ0n) is 6.39. The zero-order chi connectivity index (χ0) is 7.98. The lowest BCUT2D eigenvalue weighted by atomic mass is 10.2. The maximum Gasteiger partial charge on any atom is 0.246 e. The summed E-state index contributed by atoms with van der Waals surface area (Å²) in [5.41, 5.74) is 7.38. The standard InChI is InChI=1S/C6H14N2O2/c1-5(2)6(9)8-10-4-3-7/h5H,3-4,7H2,1-2H3,(H,8,9). The van der Waals surface area contributed by atoms with Crippen molar-refractivity contribution in [1.29, 1.82) is 0 Å². The maximum absolute atomic E-state index is 10.7. The Kier molecular flexibility index (Phi) is 4.88. The number of hydrogen-bond acceptors (Lipinski definition) is 3. The van der Waals surface area contributed by atoms with Crippen LogP contribution in [-0.4, -0.2) is 19.1 Å². The van der Waals surface area contributed by atoms with Crippen LogP contribution >= 0.6 is 0 Å². The van der Waals surface area contributed by atoms with E-state index in [2.05, 4.69) is 10.3 Å². The molecule has 0 aromatic rings. The number of hydrogen-bond donors (Lipinski definition) is 2. The van der Waals surface area contributed by atoms with E-state index in [-0.39, 0.29) is 11.8 Å². The minimum atomic E-state index is -0.117. The van der Waals surface area contributed by atoms with Crippen LogP contribution in [0.2, 0.25) is 0 Å². The van der Waals surface area contributed by atoms with Crippen molar-refractivity contribution in [3.05, 3.63) is 0 Å².